The third-order valence-electron chi connectivity index (χ3n) is 3.81. The van der Waals surface area contributed by atoms with E-state index in [1.165, 1.54) is 0 Å². The van der Waals surface area contributed by atoms with Crippen LogP contribution < -0.4 is 5.32 Å². The van der Waals surface area contributed by atoms with Gasteiger partial charge in [-0.25, -0.2) is 0 Å². The molecule has 0 aromatic carbocycles. The number of allylic oxidation sites excluding steroid dienone is 4. The molecule has 15 heavy (non-hydrogen) atoms. The Morgan fingerprint density at radius 1 is 1.53 bits per heavy atom. The molecule has 3 nitrogen and oxygen atoms in total. The Morgan fingerprint density at radius 2 is 2.47 bits per heavy atom. The van der Waals surface area contributed by atoms with Crippen molar-refractivity contribution in [2.75, 3.05) is 13.2 Å². The van der Waals surface area contributed by atoms with Crippen molar-refractivity contribution >= 4 is 5.91 Å². The zero-order valence-corrected chi connectivity index (χ0v) is 8.66. The topological polar surface area (TPSA) is 38.3 Å². The fraction of sp³-hybridized carbons (Fsp3) is 0.583. The van der Waals surface area contributed by atoms with Gasteiger partial charge in [-0.1, -0.05) is 12.2 Å². The summed E-state index contributed by atoms with van der Waals surface area (Å²) in [6, 6.07) is 0. The van der Waals surface area contributed by atoms with Crippen molar-refractivity contribution in [3.05, 3.63) is 23.9 Å². The highest BCUT2D eigenvalue weighted by Gasteiger charge is 2.53. The zero-order chi connectivity index (χ0) is 10.3. The summed E-state index contributed by atoms with van der Waals surface area (Å²) < 4.78 is 5.51. The van der Waals surface area contributed by atoms with Crippen LogP contribution in [-0.2, 0) is 9.53 Å². The summed E-state index contributed by atoms with van der Waals surface area (Å²) in [5, 5.41) is 3.01. The number of carbonyl (C=O) groups is 1. The highest BCUT2D eigenvalue weighted by molar-refractivity contribution is 5.89. The maximum Gasteiger partial charge on any atom is 0.233 e. The van der Waals surface area contributed by atoms with Gasteiger partial charge in [0.25, 0.3) is 0 Å². The Hall–Kier alpha value is -1.09. The third kappa shape index (κ3) is 1.19. The average Bonchev–Trinajstić information content (AvgIpc) is 2.55. The highest BCUT2D eigenvalue weighted by Crippen LogP contribution is 2.47. The minimum Gasteiger partial charge on any atom is -0.380 e. The summed E-state index contributed by atoms with van der Waals surface area (Å²) >= 11 is 0. The number of carbonyl (C=O) groups excluding carboxylic acids is 1. The van der Waals surface area contributed by atoms with E-state index >= 15 is 0 Å². The monoisotopic (exact) mass is 205 g/mol. The second-order valence-electron chi connectivity index (χ2n) is 4.60. The lowest BCUT2D eigenvalue weighted by Gasteiger charge is -2.35. The predicted octanol–water partition coefficient (Wildman–Crippen LogP) is 1.37. The van der Waals surface area contributed by atoms with E-state index in [4.69, 9.17) is 4.74 Å². The molecule has 2 unspecified atom stereocenters. The fourth-order valence-electron chi connectivity index (χ4n) is 2.97. The van der Waals surface area contributed by atoms with Gasteiger partial charge in [-0.15, -0.1) is 0 Å². The number of amides is 1. The normalized spacial score (nSPS) is 38.8. The van der Waals surface area contributed by atoms with Crippen molar-refractivity contribution in [1.82, 2.24) is 5.32 Å². The number of rotatable bonds is 0. The van der Waals surface area contributed by atoms with Crippen LogP contribution in [0.25, 0.3) is 0 Å². The lowest BCUT2D eigenvalue weighted by atomic mass is 9.70. The van der Waals surface area contributed by atoms with Crippen LogP contribution in [0.5, 0.6) is 0 Å². The van der Waals surface area contributed by atoms with Crippen LogP contribution in [0, 0.1) is 11.3 Å². The number of hydrogen-bond acceptors (Lipinski definition) is 2. The molecule has 3 aliphatic rings. The molecule has 2 atom stereocenters. The van der Waals surface area contributed by atoms with Crippen molar-refractivity contribution in [2.24, 2.45) is 11.3 Å². The van der Waals surface area contributed by atoms with E-state index in [1.54, 1.807) is 0 Å². The van der Waals surface area contributed by atoms with Crippen LogP contribution in [0.3, 0.4) is 0 Å². The van der Waals surface area contributed by atoms with Gasteiger partial charge in [-0.2, -0.15) is 0 Å². The molecule has 1 spiro atoms. The first-order valence-electron chi connectivity index (χ1n) is 5.59. The molecule has 2 aliphatic heterocycles. The minimum absolute atomic E-state index is 0.169. The van der Waals surface area contributed by atoms with Gasteiger partial charge in [0.15, 0.2) is 0 Å². The van der Waals surface area contributed by atoms with Crippen molar-refractivity contribution < 1.29 is 9.53 Å². The Bertz CT molecular complexity index is 351. The molecule has 1 aliphatic carbocycles. The molecule has 0 bridgehead atoms. The summed E-state index contributed by atoms with van der Waals surface area (Å²) in [5.41, 5.74) is 0.822. The van der Waals surface area contributed by atoms with Crippen LogP contribution in [0.15, 0.2) is 23.9 Å². The summed E-state index contributed by atoms with van der Waals surface area (Å²) in [6.07, 6.45) is 9.12. The second kappa shape index (κ2) is 3.20. The van der Waals surface area contributed by atoms with Gasteiger partial charge in [0, 0.05) is 18.2 Å². The van der Waals surface area contributed by atoms with Gasteiger partial charge in [0.1, 0.15) is 0 Å². The number of hydrogen-bond donors (Lipinski definition) is 1. The maximum absolute atomic E-state index is 12.1. The van der Waals surface area contributed by atoms with E-state index in [9.17, 15) is 4.79 Å². The molecule has 0 radical (unpaired) electrons. The Labute approximate surface area is 89.2 Å². The smallest absolute Gasteiger partial charge is 0.233 e. The molecular weight excluding hydrogens is 190 g/mol. The molecule has 0 saturated carbocycles. The van der Waals surface area contributed by atoms with Gasteiger partial charge in [0.05, 0.1) is 12.0 Å². The molecule has 0 aromatic heterocycles. The molecule has 1 amide bonds. The highest BCUT2D eigenvalue weighted by atomic mass is 16.5. The quantitative estimate of drug-likeness (QED) is 0.648. The van der Waals surface area contributed by atoms with Crippen LogP contribution in [0.1, 0.15) is 19.3 Å². The average molecular weight is 205 g/mol. The summed E-state index contributed by atoms with van der Waals surface area (Å²) in [5.74, 6) is 0.498. The molecule has 80 valence electrons. The second-order valence-corrected chi connectivity index (χ2v) is 4.60. The van der Waals surface area contributed by atoms with Gasteiger partial charge >= 0.3 is 0 Å². The predicted molar refractivity (Wildman–Crippen MR) is 56.0 cm³/mol. The Balaban J connectivity index is 1.97. The SMILES string of the molecule is O=C1NC2=CC=CCC2C12CCCOC2. The molecule has 1 N–H and O–H groups in total. The number of fused-ring (bicyclic) bond motifs is 2. The minimum atomic E-state index is -0.269. The van der Waals surface area contributed by atoms with Crippen LogP contribution in [-0.4, -0.2) is 19.1 Å². The van der Waals surface area contributed by atoms with Crippen LogP contribution in [0.2, 0.25) is 0 Å². The van der Waals surface area contributed by atoms with E-state index in [1.807, 2.05) is 12.2 Å². The molecule has 2 saturated heterocycles. The maximum atomic E-state index is 12.1. The van der Waals surface area contributed by atoms with Gasteiger partial charge in [-0.3, -0.25) is 4.79 Å². The van der Waals surface area contributed by atoms with Gasteiger partial charge < -0.3 is 10.1 Å². The van der Waals surface area contributed by atoms with E-state index in [0.29, 0.717) is 12.5 Å². The van der Waals surface area contributed by atoms with Crippen molar-refractivity contribution in [3.8, 4) is 0 Å². The standard InChI is InChI=1S/C12H15NO2/c14-11-12(6-3-7-15-8-12)9-4-1-2-5-10(9)13-11/h1-2,5,9H,3-4,6-8H2,(H,13,14). The fourth-order valence-corrected chi connectivity index (χ4v) is 2.97. The van der Waals surface area contributed by atoms with E-state index < -0.39 is 0 Å². The van der Waals surface area contributed by atoms with Crippen molar-refractivity contribution in [2.45, 2.75) is 19.3 Å². The molecule has 3 rings (SSSR count). The first kappa shape index (κ1) is 9.16. The summed E-state index contributed by atoms with van der Waals surface area (Å²) in [6.45, 7) is 1.39. The molecular formula is C12H15NO2. The van der Waals surface area contributed by atoms with E-state index in [2.05, 4.69) is 11.4 Å². The molecule has 2 heterocycles. The third-order valence-corrected chi connectivity index (χ3v) is 3.81. The Kier molecular flexibility index (Phi) is 1.96. The first-order valence-corrected chi connectivity index (χ1v) is 5.59. The van der Waals surface area contributed by atoms with Crippen molar-refractivity contribution in [1.29, 1.82) is 0 Å². The Morgan fingerprint density at radius 3 is 3.27 bits per heavy atom. The van der Waals surface area contributed by atoms with Gasteiger partial charge in [-0.05, 0) is 25.3 Å². The van der Waals surface area contributed by atoms with E-state index in [-0.39, 0.29) is 11.3 Å². The summed E-state index contributed by atoms with van der Waals surface area (Å²) in [4.78, 5) is 12.1. The van der Waals surface area contributed by atoms with Crippen LogP contribution >= 0.6 is 0 Å². The van der Waals surface area contributed by atoms with E-state index in [0.717, 1.165) is 31.6 Å². The molecule has 3 heteroatoms. The number of nitrogens with one attached hydrogen (secondary N) is 1. The zero-order valence-electron chi connectivity index (χ0n) is 8.66. The van der Waals surface area contributed by atoms with Crippen molar-refractivity contribution in [3.63, 3.8) is 0 Å². The first-order chi connectivity index (χ1) is 7.33. The number of ether oxygens (including phenoxy) is 1. The molecule has 0 aromatic rings. The van der Waals surface area contributed by atoms with Crippen LogP contribution in [0.4, 0.5) is 0 Å². The lowest BCUT2D eigenvalue weighted by molar-refractivity contribution is -0.137. The summed E-state index contributed by atoms with van der Waals surface area (Å²) in [7, 11) is 0. The van der Waals surface area contributed by atoms with Gasteiger partial charge in [0.2, 0.25) is 5.91 Å². The lowest BCUT2D eigenvalue weighted by Crippen LogP contribution is -2.42. The largest absolute Gasteiger partial charge is 0.380 e. The molecule has 2 fully saturated rings.